The normalized spacial score (nSPS) is 11.7. The van der Waals surface area contributed by atoms with Crippen molar-refractivity contribution in [2.45, 2.75) is 26.8 Å². The van der Waals surface area contributed by atoms with Crippen molar-refractivity contribution in [2.75, 3.05) is 19.5 Å². The number of ether oxygens (including phenoxy) is 1. The maximum absolute atomic E-state index is 13.4. The number of anilines is 1. The topological polar surface area (TPSA) is 97.6 Å². The Balaban J connectivity index is 1.87. The molecule has 7 nitrogen and oxygen atoms in total. The van der Waals surface area contributed by atoms with E-state index >= 15 is 0 Å². The summed E-state index contributed by atoms with van der Waals surface area (Å²) in [5, 5.41) is 6.54. The van der Waals surface area contributed by atoms with E-state index in [1.807, 2.05) is 38.1 Å². The lowest BCUT2D eigenvalue weighted by Crippen LogP contribution is -2.20. The number of para-hydroxylation sites is 1. The highest BCUT2D eigenvalue weighted by atomic mass is 16.5. The number of hydrogen-bond donors (Lipinski definition) is 2. The molecule has 184 valence electrons. The fraction of sp³-hybridized carbons (Fsp3) is 0.207. The van der Waals surface area contributed by atoms with E-state index in [0.29, 0.717) is 44.7 Å². The molecule has 0 aliphatic carbocycles. The predicted octanol–water partition coefficient (Wildman–Crippen LogP) is 5.40. The number of esters is 1. The molecule has 1 unspecified atom stereocenters. The first-order valence-electron chi connectivity index (χ1n) is 11.6. The molecule has 2 N–H and O–H groups in total. The monoisotopic (exact) mass is 484 g/mol. The molecule has 7 heteroatoms. The summed E-state index contributed by atoms with van der Waals surface area (Å²) >= 11 is 0. The van der Waals surface area contributed by atoms with Crippen LogP contribution in [0.5, 0.6) is 0 Å². The Morgan fingerprint density at radius 2 is 1.75 bits per heavy atom. The summed E-state index contributed by atoms with van der Waals surface area (Å²) in [6.45, 7) is 5.59. The fourth-order valence-electron chi connectivity index (χ4n) is 4.32. The predicted molar refractivity (Wildman–Crippen MR) is 141 cm³/mol. The van der Waals surface area contributed by atoms with E-state index in [1.165, 1.54) is 7.11 Å². The highest BCUT2D eigenvalue weighted by molar-refractivity contribution is 5.99. The summed E-state index contributed by atoms with van der Waals surface area (Å²) in [5.41, 5.74) is 4.60. The lowest BCUT2D eigenvalue weighted by atomic mass is 9.98. The van der Waals surface area contributed by atoms with Crippen molar-refractivity contribution in [3.05, 3.63) is 98.7 Å². The van der Waals surface area contributed by atoms with Crippen molar-refractivity contribution in [1.29, 1.82) is 0 Å². The average molecular weight is 485 g/mol. The number of carbonyl (C=O) groups is 2. The van der Waals surface area contributed by atoms with Gasteiger partial charge < -0.3 is 19.8 Å². The molecule has 1 atom stereocenters. The average Bonchev–Trinajstić information content (AvgIpc) is 2.90. The Labute approximate surface area is 209 Å². The van der Waals surface area contributed by atoms with Crippen LogP contribution in [0.15, 0.2) is 69.9 Å². The Morgan fingerprint density at radius 3 is 2.47 bits per heavy atom. The number of rotatable bonds is 6. The van der Waals surface area contributed by atoms with Crippen LogP contribution in [0.4, 0.5) is 5.69 Å². The maximum atomic E-state index is 13.4. The van der Waals surface area contributed by atoms with Gasteiger partial charge in [0.1, 0.15) is 11.3 Å². The van der Waals surface area contributed by atoms with Crippen molar-refractivity contribution >= 4 is 28.5 Å². The summed E-state index contributed by atoms with van der Waals surface area (Å²) < 4.78 is 11.2. The zero-order chi connectivity index (χ0) is 26.0. The number of methoxy groups -OCH3 is 1. The second-order valence-electron chi connectivity index (χ2n) is 8.68. The van der Waals surface area contributed by atoms with Gasteiger partial charge in [0.05, 0.1) is 29.7 Å². The maximum Gasteiger partial charge on any atom is 0.337 e. The first-order valence-corrected chi connectivity index (χ1v) is 11.6. The largest absolute Gasteiger partial charge is 0.465 e. The molecule has 0 fully saturated rings. The Hall–Kier alpha value is -4.39. The van der Waals surface area contributed by atoms with Gasteiger partial charge in [-0.25, -0.2) is 4.79 Å². The summed E-state index contributed by atoms with van der Waals surface area (Å²) in [6, 6.07) is 17.5. The van der Waals surface area contributed by atoms with Gasteiger partial charge in [-0.15, -0.1) is 0 Å². The molecule has 0 saturated heterocycles. The van der Waals surface area contributed by atoms with Crippen LogP contribution in [0.1, 0.15) is 50.4 Å². The highest BCUT2D eigenvalue weighted by Crippen LogP contribution is 2.33. The minimum absolute atomic E-state index is 0.141. The Bertz CT molecular complexity index is 1540. The Morgan fingerprint density at radius 1 is 1.00 bits per heavy atom. The molecule has 0 spiro atoms. The van der Waals surface area contributed by atoms with Gasteiger partial charge in [-0.2, -0.15) is 0 Å². The second kappa shape index (κ2) is 10.1. The van der Waals surface area contributed by atoms with Crippen LogP contribution in [-0.4, -0.2) is 26.0 Å². The van der Waals surface area contributed by atoms with Crippen LogP contribution in [0.2, 0.25) is 0 Å². The molecule has 1 amide bonds. The van der Waals surface area contributed by atoms with Crippen molar-refractivity contribution in [3.63, 3.8) is 0 Å². The molecule has 0 saturated carbocycles. The van der Waals surface area contributed by atoms with Crippen LogP contribution >= 0.6 is 0 Å². The second-order valence-corrected chi connectivity index (χ2v) is 8.68. The lowest BCUT2D eigenvalue weighted by molar-refractivity contribution is 0.0600. The number of aryl methyl sites for hydroxylation is 1. The number of benzene rings is 3. The zero-order valence-corrected chi connectivity index (χ0v) is 20.9. The molecule has 4 rings (SSSR count). The number of hydrogen-bond acceptors (Lipinski definition) is 6. The molecule has 0 aliphatic heterocycles. The molecule has 1 heterocycles. The van der Waals surface area contributed by atoms with Gasteiger partial charge in [0.15, 0.2) is 5.43 Å². The molecule has 36 heavy (non-hydrogen) atoms. The SMILES string of the molecule is CNC(=O)c1ccccc1NC(C)c1cc(C)cc2c(=O)c(C)c(-c3cccc(C(=O)OC)c3)oc12. The van der Waals surface area contributed by atoms with E-state index in [9.17, 15) is 14.4 Å². The van der Waals surface area contributed by atoms with Crippen LogP contribution in [0.3, 0.4) is 0 Å². The Kier molecular flexibility index (Phi) is 6.92. The minimum atomic E-state index is -0.471. The standard InChI is InChI=1S/C29H28N2O5/c1-16-13-22(18(3)31-24-12-7-6-11-21(24)28(33)30-4)27-23(14-16)25(32)17(2)26(36-27)19-9-8-10-20(15-19)29(34)35-5/h6-15,18,31H,1-5H3,(H,30,33). The van der Waals surface area contributed by atoms with Crippen LogP contribution in [-0.2, 0) is 4.74 Å². The van der Waals surface area contributed by atoms with E-state index in [2.05, 4.69) is 10.6 Å². The van der Waals surface area contributed by atoms with Crippen molar-refractivity contribution < 1.29 is 18.7 Å². The smallest absolute Gasteiger partial charge is 0.337 e. The number of carbonyl (C=O) groups excluding carboxylic acids is 2. The van der Waals surface area contributed by atoms with E-state index in [0.717, 1.165) is 11.1 Å². The molecule has 1 aromatic heterocycles. The van der Waals surface area contributed by atoms with E-state index in [1.54, 1.807) is 50.4 Å². The van der Waals surface area contributed by atoms with Gasteiger partial charge >= 0.3 is 5.97 Å². The number of nitrogens with one attached hydrogen (secondary N) is 2. The molecular formula is C29H28N2O5. The van der Waals surface area contributed by atoms with E-state index in [4.69, 9.17) is 9.15 Å². The first kappa shape index (κ1) is 24.7. The van der Waals surface area contributed by atoms with E-state index in [-0.39, 0.29) is 17.4 Å². The molecule has 0 aliphatic rings. The van der Waals surface area contributed by atoms with Crippen molar-refractivity contribution in [2.24, 2.45) is 0 Å². The number of amides is 1. The minimum Gasteiger partial charge on any atom is -0.465 e. The van der Waals surface area contributed by atoms with Crippen LogP contribution < -0.4 is 16.1 Å². The molecule has 4 aromatic rings. The summed E-state index contributed by atoms with van der Waals surface area (Å²) in [6.07, 6.45) is 0. The van der Waals surface area contributed by atoms with Crippen LogP contribution in [0.25, 0.3) is 22.3 Å². The first-order chi connectivity index (χ1) is 17.2. The molecular weight excluding hydrogens is 456 g/mol. The summed E-state index contributed by atoms with van der Waals surface area (Å²) in [5.74, 6) is -0.280. The van der Waals surface area contributed by atoms with Gasteiger partial charge in [-0.1, -0.05) is 30.3 Å². The third-order valence-corrected chi connectivity index (χ3v) is 6.18. The third kappa shape index (κ3) is 4.60. The van der Waals surface area contributed by atoms with Crippen molar-refractivity contribution in [1.82, 2.24) is 5.32 Å². The number of fused-ring (bicyclic) bond motifs is 1. The van der Waals surface area contributed by atoms with Crippen LogP contribution in [0, 0.1) is 13.8 Å². The van der Waals surface area contributed by atoms with Crippen molar-refractivity contribution in [3.8, 4) is 11.3 Å². The summed E-state index contributed by atoms with van der Waals surface area (Å²) in [7, 11) is 2.91. The molecule has 0 bridgehead atoms. The lowest BCUT2D eigenvalue weighted by Gasteiger charge is -2.20. The quantitative estimate of drug-likeness (QED) is 0.356. The summed E-state index contributed by atoms with van der Waals surface area (Å²) in [4.78, 5) is 37.9. The van der Waals surface area contributed by atoms with Gasteiger partial charge in [-0.3, -0.25) is 9.59 Å². The van der Waals surface area contributed by atoms with Gasteiger partial charge in [0.25, 0.3) is 5.91 Å². The highest BCUT2D eigenvalue weighted by Gasteiger charge is 2.21. The van der Waals surface area contributed by atoms with Gasteiger partial charge in [-0.05, 0) is 56.7 Å². The van der Waals surface area contributed by atoms with E-state index < -0.39 is 5.97 Å². The van der Waals surface area contributed by atoms with Gasteiger partial charge in [0, 0.05) is 29.4 Å². The molecule has 0 radical (unpaired) electrons. The fourth-order valence-corrected chi connectivity index (χ4v) is 4.32. The zero-order valence-electron chi connectivity index (χ0n) is 20.9. The third-order valence-electron chi connectivity index (χ3n) is 6.18. The molecule has 3 aromatic carbocycles. The van der Waals surface area contributed by atoms with Gasteiger partial charge in [0.2, 0.25) is 0 Å².